The first-order valence-corrected chi connectivity index (χ1v) is 8.63. The van der Waals surface area contributed by atoms with Crippen molar-refractivity contribution in [1.29, 1.82) is 0 Å². The molecule has 1 aromatic heterocycles. The minimum atomic E-state index is 0.0397. The number of hydrogen-bond acceptors (Lipinski definition) is 2. The molecular formula is C21H22N2O. The fourth-order valence-corrected chi connectivity index (χ4v) is 3.79. The van der Waals surface area contributed by atoms with E-state index in [-0.39, 0.29) is 5.91 Å². The van der Waals surface area contributed by atoms with E-state index in [1.807, 2.05) is 53.2 Å². The van der Waals surface area contributed by atoms with Crippen LogP contribution in [0.25, 0.3) is 10.9 Å². The molecule has 0 unspecified atom stereocenters. The summed E-state index contributed by atoms with van der Waals surface area (Å²) < 4.78 is 1.81. The highest BCUT2D eigenvalue weighted by atomic mass is 16.2. The minimum absolute atomic E-state index is 0.0397. The summed E-state index contributed by atoms with van der Waals surface area (Å²) in [6.07, 6.45) is 5.56. The van der Waals surface area contributed by atoms with Gasteiger partial charge in [-0.15, -0.1) is 0 Å². The summed E-state index contributed by atoms with van der Waals surface area (Å²) in [5.41, 5.74) is 3.00. The van der Waals surface area contributed by atoms with Crippen molar-refractivity contribution in [3.8, 4) is 0 Å². The van der Waals surface area contributed by atoms with Gasteiger partial charge in [-0.1, -0.05) is 36.4 Å². The van der Waals surface area contributed by atoms with Crippen molar-refractivity contribution in [1.82, 2.24) is 9.47 Å². The van der Waals surface area contributed by atoms with E-state index in [0.717, 1.165) is 17.5 Å². The summed E-state index contributed by atoms with van der Waals surface area (Å²) in [6, 6.07) is 18.3. The molecule has 3 heteroatoms. The predicted octanol–water partition coefficient (Wildman–Crippen LogP) is 3.97. The highest BCUT2D eigenvalue weighted by Crippen LogP contribution is 2.27. The molecule has 3 nitrogen and oxygen atoms in total. The number of hydrogen-bond donors (Lipinski definition) is 0. The lowest BCUT2D eigenvalue weighted by Crippen LogP contribution is -2.26. The third kappa shape index (κ3) is 2.65. The van der Waals surface area contributed by atoms with Crippen LogP contribution in [0.3, 0.4) is 0 Å². The van der Waals surface area contributed by atoms with Gasteiger partial charge in [-0.3, -0.25) is 9.36 Å². The van der Waals surface area contributed by atoms with E-state index < -0.39 is 0 Å². The van der Waals surface area contributed by atoms with Crippen molar-refractivity contribution in [2.24, 2.45) is 0 Å². The van der Waals surface area contributed by atoms with Gasteiger partial charge in [0.15, 0.2) is 0 Å². The molecule has 0 amide bonds. The van der Waals surface area contributed by atoms with Crippen LogP contribution in [0.1, 0.15) is 28.8 Å². The Morgan fingerprint density at radius 2 is 1.83 bits per heavy atom. The Morgan fingerprint density at radius 3 is 2.58 bits per heavy atom. The van der Waals surface area contributed by atoms with Crippen molar-refractivity contribution in [2.45, 2.75) is 25.3 Å². The van der Waals surface area contributed by atoms with Crippen molar-refractivity contribution in [2.75, 3.05) is 13.6 Å². The fraction of sp³-hybridized carbons (Fsp3) is 0.286. The minimum Gasteiger partial charge on any atom is -0.303 e. The Hall–Kier alpha value is -2.39. The summed E-state index contributed by atoms with van der Waals surface area (Å²) in [5, 5.41) is 1.20. The van der Waals surface area contributed by atoms with Gasteiger partial charge in [0.1, 0.15) is 0 Å². The second-order valence-electron chi connectivity index (χ2n) is 6.69. The van der Waals surface area contributed by atoms with Crippen molar-refractivity contribution < 1.29 is 4.79 Å². The number of rotatable bonds is 3. The van der Waals surface area contributed by atoms with Crippen LogP contribution in [-0.4, -0.2) is 35.0 Å². The monoisotopic (exact) mass is 318 g/mol. The summed E-state index contributed by atoms with van der Waals surface area (Å²) in [5.74, 6) is 0.0397. The summed E-state index contributed by atoms with van der Waals surface area (Å²) in [6.45, 7) is 1.17. The van der Waals surface area contributed by atoms with E-state index >= 15 is 0 Å². The number of fused-ring (bicyclic) bond motifs is 1. The molecule has 1 saturated heterocycles. The molecule has 122 valence electrons. The second-order valence-corrected chi connectivity index (χ2v) is 6.69. The molecule has 0 N–H and O–H groups in total. The Bertz CT molecular complexity index is 866. The lowest BCUT2D eigenvalue weighted by Gasteiger charge is -2.18. The number of benzene rings is 2. The number of nitrogens with zero attached hydrogens (tertiary/aromatic N) is 2. The molecule has 0 spiro atoms. The van der Waals surface area contributed by atoms with E-state index in [2.05, 4.69) is 24.1 Å². The van der Waals surface area contributed by atoms with E-state index in [1.165, 1.54) is 30.3 Å². The molecule has 1 aliphatic heterocycles. The van der Waals surface area contributed by atoms with Crippen LogP contribution in [0.5, 0.6) is 0 Å². The molecule has 2 aromatic carbocycles. The first-order valence-electron chi connectivity index (χ1n) is 8.63. The lowest BCUT2D eigenvalue weighted by molar-refractivity contribution is 0.0965. The highest BCUT2D eigenvalue weighted by molar-refractivity contribution is 6.03. The first-order chi connectivity index (χ1) is 11.7. The van der Waals surface area contributed by atoms with E-state index in [1.54, 1.807) is 0 Å². The van der Waals surface area contributed by atoms with Gasteiger partial charge in [-0.25, -0.2) is 0 Å². The lowest BCUT2D eigenvalue weighted by atomic mass is 10.0. The summed E-state index contributed by atoms with van der Waals surface area (Å²) >= 11 is 0. The van der Waals surface area contributed by atoms with Crippen molar-refractivity contribution in [3.63, 3.8) is 0 Å². The van der Waals surface area contributed by atoms with E-state index in [0.29, 0.717) is 6.04 Å². The Morgan fingerprint density at radius 1 is 1.08 bits per heavy atom. The number of carbonyl (C=O) groups excluding carboxylic acids is 1. The standard InChI is InChI=1S/C21H22N2O/c1-22-13-7-10-18(22)14-17-15-23(20-12-6-5-11-19(17)20)21(24)16-8-3-2-4-9-16/h2-6,8-9,11-12,15,18H,7,10,13-14H2,1H3/t18-/m1/s1. The van der Waals surface area contributed by atoms with E-state index in [9.17, 15) is 4.79 Å². The van der Waals surface area contributed by atoms with Crippen molar-refractivity contribution >= 4 is 16.8 Å². The van der Waals surface area contributed by atoms with Gasteiger partial charge in [-0.05, 0) is 56.6 Å². The molecule has 1 fully saturated rings. The molecule has 3 aromatic rings. The molecule has 0 saturated carbocycles. The van der Waals surface area contributed by atoms with Crippen molar-refractivity contribution in [3.05, 3.63) is 71.9 Å². The van der Waals surface area contributed by atoms with Crippen LogP contribution in [0.15, 0.2) is 60.8 Å². The molecular weight excluding hydrogens is 296 g/mol. The third-order valence-corrected chi connectivity index (χ3v) is 5.16. The average Bonchev–Trinajstić information content (AvgIpc) is 3.20. The first kappa shape index (κ1) is 15.2. The van der Waals surface area contributed by atoms with Gasteiger partial charge in [-0.2, -0.15) is 0 Å². The molecule has 1 aliphatic rings. The number of likely N-dealkylation sites (N-methyl/N-ethyl adjacent to an activating group) is 1. The fourth-order valence-electron chi connectivity index (χ4n) is 3.79. The second kappa shape index (κ2) is 6.25. The zero-order valence-corrected chi connectivity index (χ0v) is 14.0. The normalized spacial score (nSPS) is 18.3. The third-order valence-electron chi connectivity index (χ3n) is 5.16. The molecule has 1 atom stereocenters. The Kier molecular flexibility index (Phi) is 3.95. The van der Waals surface area contributed by atoms with Gasteiger partial charge < -0.3 is 4.90 Å². The maximum atomic E-state index is 12.9. The number of aromatic nitrogens is 1. The Labute approximate surface area is 142 Å². The zero-order chi connectivity index (χ0) is 16.5. The smallest absolute Gasteiger partial charge is 0.262 e. The maximum Gasteiger partial charge on any atom is 0.262 e. The van der Waals surface area contributed by atoms with Crippen LogP contribution < -0.4 is 0 Å². The van der Waals surface area contributed by atoms with Gasteiger partial charge in [0.25, 0.3) is 5.91 Å². The SMILES string of the molecule is CN1CCC[C@@H]1Cc1cn(C(=O)c2ccccc2)c2ccccc12. The van der Waals surface area contributed by atoms with E-state index in [4.69, 9.17) is 0 Å². The largest absolute Gasteiger partial charge is 0.303 e. The van der Waals surface area contributed by atoms with Gasteiger partial charge >= 0.3 is 0 Å². The van der Waals surface area contributed by atoms with Gasteiger partial charge in [0, 0.05) is 23.2 Å². The summed E-state index contributed by atoms with van der Waals surface area (Å²) in [7, 11) is 2.20. The number of carbonyl (C=O) groups is 1. The molecule has 4 rings (SSSR count). The molecule has 24 heavy (non-hydrogen) atoms. The zero-order valence-electron chi connectivity index (χ0n) is 14.0. The Balaban J connectivity index is 1.75. The van der Waals surface area contributed by atoms with Crippen LogP contribution in [0.4, 0.5) is 0 Å². The van der Waals surface area contributed by atoms with Gasteiger partial charge in [0.2, 0.25) is 0 Å². The van der Waals surface area contributed by atoms with Crippen LogP contribution >= 0.6 is 0 Å². The maximum absolute atomic E-state index is 12.9. The predicted molar refractivity (Wildman–Crippen MR) is 97.5 cm³/mol. The van der Waals surface area contributed by atoms with Crippen LogP contribution in [0.2, 0.25) is 0 Å². The molecule has 2 heterocycles. The highest BCUT2D eigenvalue weighted by Gasteiger charge is 2.23. The summed E-state index contributed by atoms with van der Waals surface area (Å²) in [4.78, 5) is 15.4. The number of likely N-dealkylation sites (tertiary alicyclic amines) is 1. The quantitative estimate of drug-likeness (QED) is 0.730. The molecule has 0 radical (unpaired) electrons. The average molecular weight is 318 g/mol. The number of para-hydroxylation sites is 1. The topological polar surface area (TPSA) is 25.2 Å². The van der Waals surface area contributed by atoms with Crippen LogP contribution in [-0.2, 0) is 6.42 Å². The molecule has 0 bridgehead atoms. The van der Waals surface area contributed by atoms with Crippen LogP contribution in [0, 0.1) is 0 Å². The molecule has 0 aliphatic carbocycles. The van der Waals surface area contributed by atoms with Gasteiger partial charge in [0.05, 0.1) is 5.52 Å².